The van der Waals surface area contributed by atoms with Gasteiger partial charge < -0.3 is 5.32 Å². The second-order valence-corrected chi connectivity index (χ2v) is 6.07. The summed E-state index contributed by atoms with van der Waals surface area (Å²) in [5.41, 5.74) is 0. The van der Waals surface area contributed by atoms with Gasteiger partial charge in [0.25, 0.3) is 0 Å². The fourth-order valence-electron chi connectivity index (χ4n) is 2.82. The summed E-state index contributed by atoms with van der Waals surface area (Å²) in [6.45, 7) is 11.7. The first-order chi connectivity index (χ1) is 7.67. The van der Waals surface area contributed by atoms with E-state index in [1.165, 1.54) is 45.2 Å². The van der Waals surface area contributed by atoms with E-state index in [9.17, 15) is 0 Å². The van der Waals surface area contributed by atoms with Crippen molar-refractivity contribution in [2.45, 2.75) is 59.8 Å². The molecule has 1 nitrogen and oxygen atoms in total. The zero-order valence-corrected chi connectivity index (χ0v) is 11.8. The predicted octanol–water partition coefficient (Wildman–Crippen LogP) is 4.08. The van der Waals surface area contributed by atoms with Crippen LogP contribution in [-0.4, -0.2) is 13.1 Å². The molecule has 0 aliphatic heterocycles. The van der Waals surface area contributed by atoms with Crippen molar-refractivity contribution >= 4 is 0 Å². The van der Waals surface area contributed by atoms with Gasteiger partial charge in [0.2, 0.25) is 0 Å². The van der Waals surface area contributed by atoms with Crippen molar-refractivity contribution in [3.8, 4) is 0 Å². The van der Waals surface area contributed by atoms with E-state index in [2.05, 4.69) is 33.0 Å². The topological polar surface area (TPSA) is 12.0 Å². The Hall–Kier alpha value is -0.0400. The van der Waals surface area contributed by atoms with Crippen LogP contribution in [0.25, 0.3) is 0 Å². The van der Waals surface area contributed by atoms with Crippen molar-refractivity contribution in [1.82, 2.24) is 5.32 Å². The van der Waals surface area contributed by atoms with E-state index in [1.807, 2.05) is 0 Å². The van der Waals surface area contributed by atoms with Crippen molar-refractivity contribution in [2.75, 3.05) is 13.1 Å². The van der Waals surface area contributed by atoms with Gasteiger partial charge >= 0.3 is 0 Å². The molecule has 0 radical (unpaired) electrons. The molecule has 1 aliphatic carbocycles. The molecule has 1 aliphatic rings. The predicted molar refractivity (Wildman–Crippen MR) is 72.6 cm³/mol. The maximum Gasteiger partial charge on any atom is -0.00178 e. The van der Waals surface area contributed by atoms with Gasteiger partial charge in [0.1, 0.15) is 0 Å². The van der Waals surface area contributed by atoms with Crippen LogP contribution in [0.2, 0.25) is 0 Å². The summed E-state index contributed by atoms with van der Waals surface area (Å²) in [5, 5.41) is 3.63. The van der Waals surface area contributed by atoms with E-state index < -0.39 is 0 Å². The van der Waals surface area contributed by atoms with Gasteiger partial charge in [0, 0.05) is 0 Å². The molecule has 0 amide bonds. The zero-order chi connectivity index (χ0) is 12.0. The van der Waals surface area contributed by atoms with Crippen LogP contribution in [0.1, 0.15) is 59.8 Å². The lowest BCUT2D eigenvalue weighted by Crippen LogP contribution is -2.37. The van der Waals surface area contributed by atoms with Gasteiger partial charge in [-0.15, -0.1) is 0 Å². The molecule has 1 saturated carbocycles. The van der Waals surface area contributed by atoms with Gasteiger partial charge in [-0.05, 0) is 56.0 Å². The Morgan fingerprint density at radius 2 is 1.69 bits per heavy atom. The molecule has 0 heterocycles. The molecule has 0 aromatic rings. The Morgan fingerprint density at radius 1 is 1.06 bits per heavy atom. The molecule has 1 heteroatoms. The number of rotatable bonds is 8. The lowest BCUT2D eigenvalue weighted by Gasteiger charge is -2.39. The molecule has 0 aromatic heterocycles. The standard InChI is InChI=1S/C15H31N/c1-5-13(6-2)9-14-7-8-15(14)11-16-10-12(3)4/h12-16H,5-11H2,1-4H3. The molecule has 1 rings (SSSR count). The largest absolute Gasteiger partial charge is 0.316 e. The van der Waals surface area contributed by atoms with Crippen molar-refractivity contribution in [1.29, 1.82) is 0 Å². The smallest absolute Gasteiger partial charge is 0.00178 e. The first kappa shape index (κ1) is 14.0. The third-order valence-corrected chi connectivity index (χ3v) is 4.32. The summed E-state index contributed by atoms with van der Waals surface area (Å²) < 4.78 is 0. The Morgan fingerprint density at radius 3 is 2.12 bits per heavy atom. The summed E-state index contributed by atoms with van der Waals surface area (Å²) in [6.07, 6.45) is 7.19. The molecule has 0 saturated heterocycles. The number of nitrogens with one attached hydrogen (secondary N) is 1. The molecule has 16 heavy (non-hydrogen) atoms. The molecule has 2 unspecified atom stereocenters. The normalized spacial score (nSPS) is 25.1. The van der Waals surface area contributed by atoms with Crippen LogP contribution in [-0.2, 0) is 0 Å². The van der Waals surface area contributed by atoms with Crippen molar-refractivity contribution in [3.05, 3.63) is 0 Å². The second kappa shape index (κ2) is 7.32. The van der Waals surface area contributed by atoms with Crippen LogP contribution in [0, 0.1) is 23.7 Å². The highest BCUT2D eigenvalue weighted by molar-refractivity contribution is 4.83. The molecular formula is C15H31N. The Balaban J connectivity index is 2.14. The summed E-state index contributed by atoms with van der Waals surface area (Å²) in [4.78, 5) is 0. The van der Waals surface area contributed by atoms with Gasteiger partial charge in [-0.2, -0.15) is 0 Å². The summed E-state index contributed by atoms with van der Waals surface area (Å²) in [5.74, 6) is 3.79. The first-order valence-electron chi connectivity index (χ1n) is 7.38. The quantitative estimate of drug-likeness (QED) is 0.656. The van der Waals surface area contributed by atoms with Gasteiger partial charge in [0.15, 0.2) is 0 Å². The monoisotopic (exact) mass is 225 g/mol. The molecule has 0 aromatic carbocycles. The molecule has 0 spiro atoms. The maximum absolute atomic E-state index is 3.63. The molecule has 0 bridgehead atoms. The van der Waals surface area contributed by atoms with E-state index in [0.717, 1.165) is 23.7 Å². The minimum Gasteiger partial charge on any atom is -0.316 e. The van der Waals surface area contributed by atoms with E-state index >= 15 is 0 Å². The van der Waals surface area contributed by atoms with Gasteiger partial charge in [0.05, 0.1) is 0 Å². The molecular weight excluding hydrogens is 194 g/mol. The summed E-state index contributed by atoms with van der Waals surface area (Å²) >= 11 is 0. The van der Waals surface area contributed by atoms with E-state index in [0.29, 0.717) is 0 Å². The highest BCUT2D eigenvalue weighted by Crippen LogP contribution is 2.39. The van der Waals surface area contributed by atoms with Gasteiger partial charge in [-0.1, -0.05) is 40.5 Å². The first-order valence-corrected chi connectivity index (χ1v) is 7.38. The lowest BCUT2D eigenvalue weighted by atomic mass is 9.69. The van der Waals surface area contributed by atoms with Crippen LogP contribution in [0.15, 0.2) is 0 Å². The van der Waals surface area contributed by atoms with Crippen molar-refractivity contribution < 1.29 is 0 Å². The van der Waals surface area contributed by atoms with Crippen LogP contribution in [0.5, 0.6) is 0 Å². The molecule has 1 N–H and O–H groups in total. The number of hydrogen-bond acceptors (Lipinski definition) is 1. The molecule has 1 fully saturated rings. The van der Waals surface area contributed by atoms with Gasteiger partial charge in [-0.25, -0.2) is 0 Å². The number of hydrogen-bond donors (Lipinski definition) is 1. The van der Waals surface area contributed by atoms with E-state index in [-0.39, 0.29) is 0 Å². The Bertz CT molecular complexity index is 172. The molecule has 96 valence electrons. The average molecular weight is 225 g/mol. The van der Waals surface area contributed by atoms with E-state index in [1.54, 1.807) is 0 Å². The fraction of sp³-hybridized carbons (Fsp3) is 1.00. The van der Waals surface area contributed by atoms with Crippen molar-refractivity contribution in [3.63, 3.8) is 0 Å². The van der Waals surface area contributed by atoms with Crippen LogP contribution in [0.4, 0.5) is 0 Å². The third kappa shape index (κ3) is 4.45. The highest BCUT2D eigenvalue weighted by Gasteiger charge is 2.31. The van der Waals surface area contributed by atoms with Crippen molar-refractivity contribution in [2.24, 2.45) is 23.7 Å². The van der Waals surface area contributed by atoms with Crippen LogP contribution < -0.4 is 5.32 Å². The highest BCUT2D eigenvalue weighted by atomic mass is 14.9. The Kier molecular flexibility index (Phi) is 6.41. The zero-order valence-electron chi connectivity index (χ0n) is 11.8. The van der Waals surface area contributed by atoms with Crippen LogP contribution in [0.3, 0.4) is 0 Å². The van der Waals surface area contributed by atoms with Crippen LogP contribution >= 0.6 is 0 Å². The molecule has 2 atom stereocenters. The SMILES string of the molecule is CCC(CC)CC1CCC1CNCC(C)C. The fourth-order valence-corrected chi connectivity index (χ4v) is 2.82. The lowest BCUT2D eigenvalue weighted by molar-refractivity contribution is 0.134. The van der Waals surface area contributed by atoms with E-state index in [4.69, 9.17) is 0 Å². The minimum absolute atomic E-state index is 0.789. The van der Waals surface area contributed by atoms with Gasteiger partial charge in [-0.3, -0.25) is 0 Å². The maximum atomic E-state index is 3.63. The summed E-state index contributed by atoms with van der Waals surface area (Å²) in [7, 11) is 0. The Labute approximate surface area is 102 Å². The summed E-state index contributed by atoms with van der Waals surface area (Å²) in [6, 6.07) is 0. The minimum atomic E-state index is 0.789. The average Bonchev–Trinajstić information content (AvgIpc) is 2.24. The second-order valence-electron chi connectivity index (χ2n) is 6.07. The third-order valence-electron chi connectivity index (χ3n) is 4.32.